The predicted molar refractivity (Wildman–Crippen MR) is 51.3 cm³/mol. The predicted octanol–water partition coefficient (Wildman–Crippen LogP) is 0.432. The van der Waals surface area contributed by atoms with Crippen LogP contribution < -0.4 is 10.6 Å². The smallest absolute Gasteiger partial charge is 0.246 e. The number of nitrogens with one attached hydrogen (secondary N) is 2. The van der Waals surface area contributed by atoms with E-state index in [0.29, 0.717) is 0 Å². The minimum Gasteiger partial charge on any atom is -0.352 e. The van der Waals surface area contributed by atoms with Crippen LogP contribution >= 0.6 is 0 Å². The molecule has 0 atom stereocenters. The van der Waals surface area contributed by atoms with E-state index in [1.54, 1.807) is 0 Å². The number of amides is 1. The molecule has 0 aromatic carbocycles. The minimum absolute atomic E-state index is 0.128. The number of rotatable bonds is 3. The Morgan fingerprint density at radius 2 is 2.23 bits per heavy atom. The van der Waals surface area contributed by atoms with Crippen molar-refractivity contribution in [1.82, 2.24) is 10.6 Å². The molecule has 0 unspecified atom stereocenters. The molecule has 1 aliphatic carbocycles. The molecule has 1 saturated carbocycles. The number of hydrogen-bond acceptors (Lipinski definition) is 2. The van der Waals surface area contributed by atoms with Crippen molar-refractivity contribution in [2.75, 3.05) is 19.6 Å². The van der Waals surface area contributed by atoms with Gasteiger partial charge in [-0.05, 0) is 31.3 Å². The lowest BCUT2D eigenvalue weighted by Crippen LogP contribution is -2.38. The average molecular weight is 180 g/mol. The van der Waals surface area contributed by atoms with Gasteiger partial charge in [0.2, 0.25) is 5.91 Å². The third-order valence-electron chi connectivity index (χ3n) is 2.80. The summed E-state index contributed by atoms with van der Waals surface area (Å²) in [6, 6.07) is 0. The highest BCUT2D eigenvalue weighted by Crippen LogP contribution is 2.27. The number of carbonyl (C=O) groups excluding carboxylic acids is 1. The average Bonchev–Trinajstić information content (AvgIpc) is 2.79. The normalized spacial score (nSPS) is 20.8. The first-order valence-electron chi connectivity index (χ1n) is 4.95. The van der Waals surface area contributed by atoms with Crippen LogP contribution in [-0.4, -0.2) is 25.5 Å². The van der Waals surface area contributed by atoms with Gasteiger partial charge in [-0.25, -0.2) is 0 Å². The van der Waals surface area contributed by atoms with Gasteiger partial charge in [0.25, 0.3) is 0 Å². The topological polar surface area (TPSA) is 41.1 Å². The van der Waals surface area contributed by atoms with Crippen LogP contribution in [-0.2, 0) is 4.79 Å². The summed E-state index contributed by atoms with van der Waals surface area (Å²) in [6.07, 6.45) is 2.58. The van der Waals surface area contributed by atoms with Crippen molar-refractivity contribution in [3.63, 3.8) is 0 Å². The molecule has 1 aliphatic heterocycles. The SMILES string of the molecule is CC(C(=O)NCC1CC1)=C1CNC1. The summed E-state index contributed by atoms with van der Waals surface area (Å²) >= 11 is 0. The van der Waals surface area contributed by atoms with E-state index in [4.69, 9.17) is 0 Å². The van der Waals surface area contributed by atoms with Crippen molar-refractivity contribution >= 4 is 5.91 Å². The van der Waals surface area contributed by atoms with Crippen molar-refractivity contribution < 1.29 is 4.79 Å². The first-order valence-corrected chi connectivity index (χ1v) is 4.95. The molecular formula is C10H16N2O. The Balaban J connectivity index is 1.80. The molecule has 0 spiro atoms. The van der Waals surface area contributed by atoms with Crippen molar-refractivity contribution in [3.8, 4) is 0 Å². The zero-order valence-electron chi connectivity index (χ0n) is 8.02. The van der Waals surface area contributed by atoms with Crippen molar-refractivity contribution in [2.24, 2.45) is 5.92 Å². The van der Waals surface area contributed by atoms with E-state index in [2.05, 4.69) is 10.6 Å². The Morgan fingerprint density at radius 3 is 2.69 bits per heavy atom. The molecule has 0 aromatic rings. The first kappa shape index (κ1) is 8.75. The van der Waals surface area contributed by atoms with Crippen molar-refractivity contribution in [3.05, 3.63) is 11.1 Å². The molecule has 1 amide bonds. The molecule has 3 nitrogen and oxygen atoms in total. The molecule has 13 heavy (non-hydrogen) atoms. The summed E-state index contributed by atoms with van der Waals surface area (Å²) in [5.74, 6) is 0.893. The van der Waals surface area contributed by atoms with Crippen molar-refractivity contribution in [2.45, 2.75) is 19.8 Å². The highest BCUT2D eigenvalue weighted by Gasteiger charge is 2.22. The second-order valence-electron chi connectivity index (χ2n) is 3.99. The highest BCUT2D eigenvalue weighted by molar-refractivity contribution is 5.93. The van der Waals surface area contributed by atoms with Gasteiger partial charge in [-0.1, -0.05) is 0 Å². The molecule has 2 rings (SSSR count). The monoisotopic (exact) mass is 180 g/mol. The minimum atomic E-state index is 0.128. The van der Waals surface area contributed by atoms with Crippen LogP contribution in [0.4, 0.5) is 0 Å². The maximum absolute atomic E-state index is 11.5. The number of carbonyl (C=O) groups is 1. The Bertz CT molecular complexity index is 248. The van der Waals surface area contributed by atoms with Crippen LogP contribution in [0.3, 0.4) is 0 Å². The fourth-order valence-electron chi connectivity index (χ4n) is 1.37. The molecule has 1 heterocycles. The Kier molecular flexibility index (Phi) is 2.36. The quantitative estimate of drug-likeness (QED) is 0.618. The molecule has 2 aliphatic rings. The van der Waals surface area contributed by atoms with Gasteiger partial charge in [-0.2, -0.15) is 0 Å². The van der Waals surface area contributed by atoms with Gasteiger partial charge in [0.1, 0.15) is 0 Å². The van der Waals surface area contributed by atoms with Crippen molar-refractivity contribution in [1.29, 1.82) is 0 Å². The summed E-state index contributed by atoms with van der Waals surface area (Å²) in [5.41, 5.74) is 2.17. The maximum atomic E-state index is 11.5. The van der Waals surface area contributed by atoms with Gasteiger partial charge in [0.05, 0.1) is 0 Å². The van der Waals surface area contributed by atoms with Gasteiger partial charge >= 0.3 is 0 Å². The van der Waals surface area contributed by atoms with Gasteiger partial charge < -0.3 is 10.6 Å². The maximum Gasteiger partial charge on any atom is 0.246 e. The van der Waals surface area contributed by atoms with Crippen LogP contribution in [0.15, 0.2) is 11.1 Å². The molecule has 2 fully saturated rings. The molecule has 0 bridgehead atoms. The standard InChI is InChI=1S/C10H16N2O/c1-7(9-5-11-6-9)10(13)12-4-8-2-3-8/h8,11H,2-6H2,1H3,(H,12,13). The first-order chi connectivity index (χ1) is 6.27. The van der Waals surface area contributed by atoms with E-state index in [9.17, 15) is 4.79 Å². The molecular weight excluding hydrogens is 164 g/mol. The van der Waals surface area contributed by atoms with E-state index in [0.717, 1.165) is 31.1 Å². The molecule has 3 heteroatoms. The molecule has 2 N–H and O–H groups in total. The summed E-state index contributed by atoms with van der Waals surface area (Å²) in [5, 5.41) is 6.11. The van der Waals surface area contributed by atoms with Crippen LogP contribution in [0.2, 0.25) is 0 Å². The van der Waals surface area contributed by atoms with Crippen LogP contribution in [0.1, 0.15) is 19.8 Å². The molecule has 0 aromatic heterocycles. The van der Waals surface area contributed by atoms with Crippen LogP contribution in [0.5, 0.6) is 0 Å². The Hall–Kier alpha value is -0.830. The summed E-state index contributed by atoms with van der Waals surface area (Å²) < 4.78 is 0. The second kappa shape index (κ2) is 3.50. The lowest BCUT2D eigenvalue weighted by molar-refractivity contribution is -0.117. The Morgan fingerprint density at radius 1 is 1.54 bits per heavy atom. The van der Waals surface area contributed by atoms with Gasteiger partial charge in [-0.15, -0.1) is 0 Å². The van der Waals surface area contributed by atoms with Gasteiger partial charge in [-0.3, -0.25) is 4.79 Å². The van der Waals surface area contributed by atoms with E-state index in [-0.39, 0.29) is 5.91 Å². The summed E-state index contributed by atoms with van der Waals surface area (Å²) in [4.78, 5) is 11.5. The molecule has 0 radical (unpaired) electrons. The zero-order chi connectivity index (χ0) is 9.26. The third kappa shape index (κ3) is 2.10. The summed E-state index contributed by atoms with van der Waals surface area (Å²) in [7, 11) is 0. The lowest BCUT2D eigenvalue weighted by Gasteiger charge is -2.21. The highest BCUT2D eigenvalue weighted by atomic mass is 16.1. The zero-order valence-corrected chi connectivity index (χ0v) is 8.02. The van der Waals surface area contributed by atoms with Gasteiger partial charge in [0, 0.05) is 25.2 Å². The van der Waals surface area contributed by atoms with E-state index >= 15 is 0 Å². The van der Waals surface area contributed by atoms with Crippen LogP contribution in [0.25, 0.3) is 0 Å². The second-order valence-corrected chi connectivity index (χ2v) is 3.99. The lowest BCUT2D eigenvalue weighted by atomic mass is 10.0. The molecule has 1 saturated heterocycles. The Labute approximate surface area is 78.6 Å². The molecule has 72 valence electrons. The van der Waals surface area contributed by atoms with E-state index in [1.165, 1.54) is 18.4 Å². The number of hydrogen-bond donors (Lipinski definition) is 2. The van der Waals surface area contributed by atoms with Crippen LogP contribution in [0, 0.1) is 5.92 Å². The fraction of sp³-hybridized carbons (Fsp3) is 0.700. The fourth-order valence-corrected chi connectivity index (χ4v) is 1.37. The third-order valence-corrected chi connectivity index (χ3v) is 2.80. The summed E-state index contributed by atoms with van der Waals surface area (Å²) in [6.45, 7) is 4.57. The van der Waals surface area contributed by atoms with Gasteiger partial charge in [0.15, 0.2) is 0 Å². The van der Waals surface area contributed by atoms with E-state index in [1.807, 2.05) is 6.92 Å². The van der Waals surface area contributed by atoms with E-state index < -0.39 is 0 Å². The largest absolute Gasteiger partial charge is 0.352 e.